The topological polar surface area (TPSA) is 116 Å². The Morgan fingerprint density at radius 3 is 2.95 bits per heavy atom. The number of carbonyl (C=O) groups excluding carboxylic acids is 1. The van der Waals surface area contributed by atoms with E-state index in [0.717, 1.165) is 4.90 Å². The summed E-state index contributed by atoms with van der Waals surface area (Å²) in [5, 5.41) is 24.7. The number of hydrogen-bond acceptors (Lipinski definition) is 5. The lowest BCUT2D eigenvalue weighted by atomic mass is 10.2. The molecule has 1 aliphatic heterocycles. The highest BCUT2D eigenvalue weighted by Crippen LogP contribution is 2.18. The van der Waals surface area contributed by atoms with Gasteiger partial charge in [-0.15, -0.1) is 0 Å². The van der Waals surface area contributed by atoms with Crippen LogP contribution in [0.2, 0.25) is 0 Å². The van der Waals surface area contributed by atoms with Crippen molar-refractivity contribution in [2.24, 2.45) is 0 Å². The van der Waals surface area contributed by atoms with Gasteiger partial charge in [0, 0.05) is 19.0 Å². The van der Waals surface area contributed by atoms with Gasteiger partial charge in [-0.2, -0.15) is 0 Å². The van der Waals surface area contributed by atoms with E-state index in [1.54, 1.807) is 13.0 Å². The van der Waals surface area contributed by atoms with Gasteiger partial charge in [0.05, 0.1) is 12.6 Å². The number of likely N-dealkylation sites (tertiary alicyclic amines) is 1. The molecule has 3 N–H and O–H groups in total. The molecule has 0 unspecified atom stereocenters. The summed E-state index contributed by atoms with van der Waals surface area (Å²) in [6, 6.07) is 0.145. The summed E-state index contributed by atoms with van der Waals surface area (Å²) in [5.41, 5.74) is 0.553. The highest BCUT2D eigenvalue weighted by atomic mass is 16.5. The normalized spacial score (nSPS) is 22.5. The van der Waals surface area contributed by atoms with Gasteiger partial charge < -0.3 is 25.0 Å². The zero-order valence-electron chi connectivity index (χ0n) is 10.4. The number of urea groups is 1. The van der Waals surface area contributed by atoms with E-state index in [0.29, 0.717) is 11.5 Å². The van der Waals surface area contributed by atoms with E-state index in [2.05, 4.69) is 10.5 Å². The molecule has 0 radical (unpaired) electrons. The molecule has 1 saturated heterocycles. The number of carbonyl (C=O) groups is 2. The number of β-amino-alcohol motifs (C(OH)–C–C–N with tert-alkyl or cyclic N) is 1. The number of hydrogen-bond donors (Lipinski definition) is 3. The van der Waals surface area contributed by atoms with Crippen molar-refractivity contribution < 1.29 is 24.3 Å². The molecular formula is C11H15N3O5. The molecule has 1 aromatic rings. The van der Waals surface area contributed by atoms with Crippen LogP contribution in [0, 0.1) is 6.92 Å². The van der Waals surface area contributed by atoms with E-state index in [4.69, 9.17) is 9.63 Å². The van der Waals surface area contributed by atoms with Crippen molar-refractivity contribution in [1.29, 1.82) is 0 Å². The van der Waals surface area contributed by atoms with Gasteiger partial charge >= 0.3 is 12.0 Å². The van der Waals surface area contributed by atoms with Gasteiger partial charge in [-0.25, -0.2) is 9.59 Å². The lowest BCUT2D eigenvalue weighted by Gasteiger charge is -2.21. The second-order valence-electron chi connectivity index (χ2n) is 4.48. The van der Waals surface area contributed by atoms with E-state index >= 15 is 0 Å². The van der Waals surface area contributed by atoms with Crippen LogP contribution in [-0.4, -0.2) is 51.0 Å². The van der Waals surface area contributed by atoms with Crippen LogP contribution in [0.15, 0.2) is 10.6 Å². The molecule has 2 heterocycles. The van der Waals surface area contributed by atoms with Crippen LogP contribution in [-0.2, 0) is 11.3 Å². The molecule has 0 saturated carbocycles. The first-order valence-electron chi connectivity index (χ1n) is 5.85. The van der Waals surface area contributed by atoms with Gasteiger partial charge in [0.2, 0.25) is 0 Å². The summed E-state index contributed by atoms with van der Waals surface area (Å²) < 4.78 is 4.85. The van der Waals surface area contributed by atoms with Crippen molar-refractivity contribution in [3.05, 3.63) is 17.5 Å². The summed E-state index contributed by atoms with van der Waals surface area (Å²) in [6.45, 7) is 1.89. The lowest BCUT2D eigenvalue weighted by Crippen LogP contribution is -2.46. The fourth-order valence-electron chi connectivity index (χ4n) is 2.04. The third-order valence-corrected chi connectivity index (χ3v) is 2.92. The average Bonchev–Trinajstić information content (AvgIpc) is 2.92. The third kappa shape index (κ3) is 3.02. The van der Waals surface area contributed by atoms with Gasteiger partial charge in [0.15, 0.2) is 0 Å². The summed E-state index contributed by atoms with van der Waals surface area (Å²) in [5.74, 6) is -0.492. The van der Waals surface area contributed by atoms with E-state index in [1.165, 1.54) is 0 Å². The molecule has 0 spiro atoms. The van der Waals surface area contributed by atoms with Crippen LogP contribution in [0.4, 0.5) is 4.79 Å². The summed E-state index contributed by atoms with van der Waals surface area (Å²) in [6.07, 6.45) is -0.757. The van der Waals surface area contributed by atoms with Crippen LogP contribution in [0.3, 0.4) is 0 Å². The minimum Gasteiger partial charge on any atom is -0.480 e. The third-order valence-electron chi connectivity index (χ3n) is 2.92. The summed E-state index contributed by atoms with van der Waals surface area (Å²) >= 11 is 0. The molecule has 8 nitrogen and oxygen atoms in total. The Balaban J connectivity index is 1.93. The van der Waals surface area contributed by atoms with Crippen LogP contribution in [0.5, 0.6) is 0 Å². The van der Waals surface area contributed by atoms with Crippen LogP contribution >= 0.6 is 0 Å². The molecule has 0 bridgehead atoms. The van der Waals surface area contributed by atoms with Gasteiger partial charge in [-0.05, 0) is 6.92 Å². The number of carboxylic acid groups (broad SMARTS) is 1. The number of rotatable bonds is 3. The van der Waals surface area contributed by atoms with Gasteiger partial charge in [-0.3, -0.25) is 0 Å². The minimum absolute atomic E-state index is 0.0145. The Kier molecular flexibility index (Phi) is 3.70. The first kappa shape index (κ1) is 13.3. The largest absolute Gasteiger partial charge is 0.480 e. The number of carboxylic acids is 1. The molecule has 1 aromatic heterocycles. The zero-order chi connectivity index (χ0) is 14.0. The minimum atomic E-state index is -1.12. The molecule has 0 aliphatic carbocycles. The van der Waals surface area contributed by atoms with Crippen molar-refractivity contribution in [1.82, 2.24) is 15.4 Å². The molecule has 19 heavy (non-hydrogen) atoms. The molecule has 8 heteroatoms. The van der Waals surface area contributed by atoms with Gasteiger partial charge in [0.1, 0.15) is 17.5 Å². The van der Waals surface area contributed by atoms with Gasteiger partial charge in [0.25, 0.3) is 0 Å². The molecule has 1 aliphatic rings. The Morgan fingerprint density at radius 2 is 2.37 bits per heavy atom. The van der Waals surface area contributed by atoms with E-state index in [1.807, 2.05) is 0 Å². The monoisotopic (exact) mass is 269 g/mol. The van der Waals surface area contributed by atoms with Crippen LogP contribution in [0.25, 0.3) is 0 Å². The number of aliphatic carboxylic acids is 1. The van der Waals surface area contributed by atoms with Crippen molar-refractivity contribution in [2.45, 2.75) is 32.0 Å². The molecule has 2 atom stereocenters. The predicted octanol–water partition coefficient (Wildman–Crippen LogP) is -0.288. The average molecular weight is 269 g/mol. The molecule has 2 rings (SSSR count). The summed E-state index contributed by atoms with van der Waals surface area (Å²) in [7, 11) is 0. The fourth-order valence-corrected chi connectivity index (χ4v) is 2.04. The Labute approximate surface area is 109 Å². The first-order chi connectivity index (χ1) is 8.97. The maximum absolute atomic E-state index is 11.9. The Hall–Kier alpha value is -2.09. The molecule has 2 amide bonds. The number of nitrogens with zero attached hydrogens (tertiary/aromatic N) is 2. The molecular weight excluding hydrogens is 254 g/mol. The van der Waals surface area contributed by atoms with Crippen molar-refractivity contribution >= 4 is 12.0 Å². The van der Waals surface area contributed by atoms with Crippen LogP contribution < -0.4 is 5.32 Å². The molecule has 104 valence electrons. The Morgan fingerprint density at radius 1 is 1.63 bits per heavy atom. The number of aliphatic hydroxyl groups is 1. The predicted molar refractivity (Wildman–Crippen MR) is 62.2 cm³/mol. The lowest BCUT2D eigenvalue weighted by molar-refractivity contribution is -0.141. The second-order valence-corrected chi connectivity index (χ2v) is 4.48. The quantitative estimate of drug-likeness (QED) is 0.694. The number of aryl methyl sites for hydroxylation is 1. The number of aliphatic hydroxyl groups excluding tert-OH is 1. The maximum atomic E-state index is 11.9. The second kappa shape index (κ2) is 5.27. The smallest absolute Gasteiger partial charge is 0.326 e. The van der Waals surface area contributed by atoms with E-state index in [9.17, 15) is 14.7 Å². The van der Waals surface area contributed by atoms with Gasteiger partial charge in [-0.1, -0.05) is 5.16 Å². The van der Waals surface area contributed by atoms with Crippen LogP contribution in [0.1, 0.15) is 17.9 Å². The zero-order valence-corrected chi connectivity index (χ0v) is 10.4. The van der Waals surface area contributed by atoms with Crippen molar-refractivity contribution in [3.63, 3.8) is 0 Å². The standard InChI is InChI=1S/C11H15N3O5/c1-6-2-7(13-19-6)4-12-11(18)14-5-8(15)3-9(14)10(16)17/h2,8-9,15H,3-5H2,1H3,(H,12,18)(H,16,17)/t8-,9-/m0/s1. The van der Waals surface area contributed by atoms with Crippen molar-refractivity contribution in [3.8, 4) is 0 Å². The summed E-state index contributed by atoms with van der Waals surface area (Å²) in [4.78, 5) is 24.0. The van der Waals surface area contributed by atoms with E-state index in [-0.39, 0.29) is 19.5 Å². The van der Waals surface area contributed by atoms with E-state index < -0.39 is 24.1 Å². The van der Waals surface area contributed by atoms with Crippen molar-refractivity contribution in [2.75, 3.05) is 6.54 Å². The highest BCUT2D eigenvalue weighted by molar-refractivity contribution is 5.83. The molecule has 0 aromatic carbocycles. The highest BCUT2D eigenvalue weighted by Gasteiger charge is 2.38. The number of aromatic nitrogens is 1. The maximum Gasteiger partial charge on any atom is 0.326 e. The number of nitrogens with one attached hydrogen (secondary N) is 1. The number of amides is 2. The Bertz CT molecular complexity index is 486. The molecule has 1 fully saturated rings. The first-order valence-corrected chi connectivity index (χ1v) is 5.85. The SMILES string of the molecule is Cc1cc(CNC(=O)N2C[C@@H](O)C[C@H]2C(=O)O)no1. The fraction of sp³-hybridized carbons (Fsp3) is 0.545.